The quantitative estimate of drug-likeness (QED) is 0.381. The van der Waals surface area contributed by atoms with E-state index in [1.807, 2.05) is 18.2 Å². The number of carboxylic acids is 1. The van der Waals surface area contributed by atoms with Gasteiger partial charge in [0.05, 0.1) is 21.2 Å². The fourth-order valence-electron chi connectivity index (χ4n) is 3.12. The number of thioether (sulfide) groups is 1. The molecule has 0 saturated carbocycles. The summed E-state index contributed by atoms with van der Waals surface area (Å²) in [5, 5.41) is 10.6. The van der Waals surface area contributed by atoms with Gasteiger partial charge in [-0.2, -0.15) is 0 Å². The first-order valence-corrected chi connectivity index (χ1v) is 11.6. The monoisotopic (exact) mass is 512 g/mol. The first-order chi connectivity index (χ1) is 16.3. The highest BCUT2D eigenvalue weighted by atomic mass is 35.5. The van der Waals surface area contributed by atoms with Crippen LogP contribution in [-0.4, -0.2) is 34.1 Å². The third kappa shape index (κ3) is 5.44. The van der Waals surface area contributed by atoms with Crippen molar-refractivity contribution < 1.29 is 19.4 Å². The van der Waals surface area contributed by atoms with Crippen LogP contribution in [-0.2, 0) is 11.4 Å². The zero-order valence-electron chi connectivity index (χ0n) is 17.9. The molecule has 9 heteroatoms. The maximum atomic E-state index is 12.7. The molecule has 34 heavy (non-hydrogen) atoms. The Hall–Kier alpha value is -3.26. The van der Waals surface area contributed by atoms with Crippen LogP contribution in [0.15, 0.2) is 76.6 Å². The van der Waals surface area contributed by atoms with Crippen molar-refractivity contribution in [3.8, 4) is 5.75 Å². The maximum absolute atomic E-state index is 12.7. The number of halogens is 2. The number of carbonyl (C=O) groups is 2. The first-order valence-electron chi connectivity index (χ1n) is 10.1. The third-order valence-electron chi connectivity index (χ3n) is 4.92. The Kier molecular flexibility index (Phi) is 7.26. The molecule has 0 unspecified atom stereocenters. The van der Waals surface area contributed by atoms with Crippen molar-refractivity contribution in [2.45, 2.75) is 6.61 Å². The highest BCUT2D eigenvalue weighted by molar-refractivity contribution is 8.18. The lowest BCUT2D eigenvalue weighted by Gasteiger charge is -2.10. The fraction of sp³-hybridized carbons (Fsp3) is 0.0800. The van der Waals surface area contributed by atoms with E-state index < -0.39 is 5.97 Å². The Morgan fingerprint density at radius 3 is 2.62 bits per heavy atom. The van der Waals surface area contributed by atoms with E-state index >= 15 is 0 Å². The number of carbonyl (C=O) groups excluding carboxylic acids is 1. The first kappa shape index (κ1) is 23.9. The van der Waals surface area contributed by atoms with Gasteiger partial charge in [-0.1, -0.05) is 53.5 Å². The highest BCUT2D eigenvalue weighted by Gasteiger charge is 2.30. The summed E-state index contributed by atoms with van der Waals surface area (Å²) in [5.41, 5.74) is 2.16. The normalized spacial score (nSPS) is 15.9. The molecule has 4 rings (SSSR count). The molecule has 1 fully saturated rings. The predicted octanol–water partition coefficient (Wildman–Crippen LogP) is 6.50. The van der Waals surface area contributed by atoms with E-state index in [1.54, 1.807) is 49.5 Å². The van der Waals surface area contributed by atoms with Gasteiger partial charge in [-0.15, -0.1) is 0 Å². The second-order valence-electron chi connectivity index (χ2n) is 7.29. The van der Waals surface area contributed by atoms with Crippen LogP contribution in [0.2, 0.25) is 10.0 Å². The van der Waals surface area contributed by atoms with E-state index in [0.29, 0.717) is 31.6 Å². The van der Waals surface area contributed by atoms with Gasteiger partial charge in [0.1, 0.15) is 12.4 Å². The van der Waals surface area contributed by atoms with Gasteiger partial charge in [0.2, 0.25) is 0 Å². The topological polar surface area (TPSA) is 79.2 Å². The van der Waals surface area contributed by atoms with Gasteiger partial charge in [-0.05, 0) is 59.8 Å². The van der Waals surface area contributed by atoms with Crippen molar-refractivity contribution in [2.24, 2.45) is 4.99 Å². The number of carboxylic acid groups (broad SMARTS) is 1. The molecule has 1 aliphatic heterocycles. The van der Waals surface area contributed by atoms with E-state index in [9.17, 15) is 9.59 Å². The standard InChI is InChI=1S/C25H18Cl2N2O4S/c1-29-23(30)22(34-25(29)28-18-7-4-6-16(13-18)24(31)32)12-15-9-10-21(20(27)11-15)33-14-17-5-2-3-8-19(17)26/h2-13H,14H2,1H3,(H,31,32)/b22-12-,28-25?. The molecule has 1 heterocycles. The van der Waals surface area contributed by atoms with Gasteiger partial charge < -0.3 is 9.84 Å². The summed E-state index contributed by atoms with van der Waals surface area (Å²) in [6.07, 6.45) is 1.73. The highest BCUT2D eigenvalue weighted by Crippen LogP contribution is 2.35. The number of ether oxygens (including phenoxy) is 1. The van der Waals surface area contributed by atoms with Crippen molar-refractivity contribution >= 4 is 63.8 Å². The number of likely N-dealkylation sites (N-methyl/N-ethyl adjacent to an activating group) is 1. The second kappa shape index (κ2) is 10.3. The van der Waals surface area contributed by atoms with Gasteiger partial charge in [-0.25, -0.2) is 9.79 Å². The third-order valence-corrected chi connectivity index (χ3v) is 6.64. The molecular formula is C25H18Cl2N2O4S. The lowest BCUT2D eigenvalue weighted by molar-refractivity contribution is -0.121. The SMILES string of the molecule is CN1C(=O)/C(=C/c2ccc(OCc3ccccc3Cl)c(Cl)c2)SC1=Nc1cccc(C(=O)O)c1. The van der Waals surface area contributed by atoms with Gasteiger partial charge >= 0.3 is 5.97 Å². The van der Waals surface area contributed by atoms with Crippen LogP contribution in [0.1, 0.15) is 21.5 Å². The average Bonchev–Trinajstić information content (AvgIpc) is 3.07. The molecule has 1 aliphatic rings. The van der Waals surface area contributed by atoms with Crippen molar-refractivity contribution in [2.75, 3.05) is 7.05 Å². The number of hydrogen-bond donors (Lipinski definition) is 1. The van der Waals surface area contributed by atoms with Gasteiger partial charge in [0, 0.05) is 17.6 Å². The van der Waals surface area contributed by atoms with Crippen LogP contribution in [0.3, 0.4) is 0 Å². The predicted molar refractivity (Wildman–Crippen MR) is 136 cm³/mol. The van der Waals surface area contributed by atoms with E-state index in [0.717, 1.165) is 11.1 Å². The molecule has 0 radical (unpaired) electrons. The molecule has 6 nitrogen and oxygen atoms in total. The summed E-state index contributed by atoms with van der Waals surface area (Å²) in [7, 11) is 1.62. The van der Waals surface area contributed by atoms with Gasteiger partial charge in [0.25, 0.3) is 5.91 Å². The van der Waals surface area contributed by atoms with Gasteiger partial charge in [-0.3, -0.25) is 9.69 Å². The Labute approximate surface area is 210 Å². The minimum absolute atomic E-state index is 0.126. The molecule has 3 aromatic carbocycles. The van der Waals surface area contributed by atoms with Crippen LogP contribution in [0.4, 0.5) is 5.69 Å². The van der Waals surface area contributed by atoms with Crippen LogP contribution >= 0.6 is 35.0 Å². The fourth-order valence-corrected chi connectivity index (χ4v) is 4.54. The van der Waals surface area contributed by atoms with Crippen molar-refractivity contribution in [1.82, 2.24) is 4.90 Å². The number of aromatic carboxylic acids is 1. The maximum Gasteiger partial charge on any atom is 0.335 e. The molecule has 3 aromatic rings. The number of amides is 1. The largest absolute Gasteiger partial charge is 0.487 e. The number of amidine groups is 1. The van der Waals surface area contributed by atoms with Crippen molar-refractivity contribution in [1.29, 1.82) is 0 Å². The Morgan fingerprint density at radius 2 is 1.88 bits per heavy atom. The molecule has 0 aliphatic carbocycles. The summed E-state index contributed by atoms with van der Waals surface area (Å²) >= 11 is 13.8. The van der Waals surface area contributed by atoms with E-state index in [1.165, 1.54) is 28.8 Å². The summed E-state index contributed by atoms with van der Waals surface area (Å²) in [4.78, 5) is 30.2. The smallest absolute Gasteiger partial charge is 0.335 e. The molecule has 0 spiro atoms. The minimum atomic E-state index is -1.04. The van der Waals surface area contributed by atoms with Crippen molar-refractivity contribution in [3.05, 3.63) is 98.4 Å². The Balaban J connectivity index is 1.51. The zero-order valence-corrected chi connectivity index (χ0v) is 20.2. The Bertz CT molecular complexity index is 1340. The molecule has 1 saturated heterocycles. The summed E-state index contributed by atoms with van der Waals surface area (Å²) in [6, 6.07) is 18.9. The summed E-state index contributed by atoms with van der Waals surface area (Å²) < 4.78 is 5.80. The summed E-state index contributed by atoms with van der Waals surface area (Å²) in [5.74, 6) is -0.748. The number of rotatable bonds is 6. The molecule has 1 N–H and O–H groups in total. The van der Waals surface area contributed by atoms with E-state index in [-0.39, 0.29) is 18.1 Å². The van der Waals surface area contributed by atoms with Gasteiger partial charge in [0.15, 0.2) is 5.17 Å². The summed E-state index contributed by atoms with van der Waals surface area (Å²) in [6.45, 7) is 0.280. The number of nitrogens with zero attached hydrogens (tertiary/aromatic N) is 2. The van der Waals surface area contributed by atoms with Crippen LogP contribution in [0.25, 0.3) is 6.08 Å². The minimum Gasteiger partial charge on any atom is -0.487 e. The van der Waals surface area contributed by atoms with Crippen molar-refractivity contribution in [3.63, 3.8) is 0 Å². The molecule has 0 bridgehead atoms. The van der Waals surface area contributed by atoms with E-state index in [2.05, 4.69) is 4.99 Å². The molecule has 1 amide bonds. The second-order valence-corrected chi connectivity index (χ2v) is 9.12. The van der Waals surface area contributed by atoms with Crippen LogP contribution in [0.5, 0.6) is 5.75 Å². The number of benzene rings is 3. The molecule has 0 atom stereocenters. The van der Waals surface area contributed by atoms with Crippen LogP contribution < -0.4 is 4.74 Å². The lowest BCUT2D eigenvalue weighted by atomic mass is 10.2. The molecule has 172 valence electrons. The number of aliphatic imine (C=N–C) groups is 1. The Morgan fingerprint density at radius 1 is 1.09 bits per heavy atom. The molecule has 0 aromatic heterocycles. The lowest BCUT2D eigenvalue weighted by Crippen LogP contribution is -2.23. The zero-order chi connectivity index (χ0) is 24.2. The molecular weight excluding hydrogens is 495 g/mol. The average molecular weight is 513 g/mol. The van der Waals surface area contributed by atoms with Crippen LogP contribution in [0, 0.1) is 0 Å². The number of hydrogen-bond acceptors (Lipinski definition) is 5. The van der Waals surface area contributed by atoms with E-state index in [4.69, 9.17) is 33.0 Å².